The first-order valence-electron chi connectivity index (χ1n) is 6.39. The van der Waals surface area contributed by atoms with Gasteiger partial charge in [-0.15, -0.1) is 0 Å². The largest absolute Gasteiger partial charge is 0.0854 e. The third-order valence-corrected chi connectivity index (χ3v) is 3.02. The lowest BCUT2D eigenvalue weighted by Crippen LogP contribution is -1.96. The highest BCUT2D eigenvalue weighted by Crippen LogP contribution is 2.18. The lowest BCUT2D eigenvalue weighted by Gasteiger charge is -2.11. The zero-order chi connectivity index (χ0) is 10.8. The standard InChI is InChI=1S/C14H28/c1-5-7-9-10-12-14(4)13(3)11-8-6-2/h11,14H,5-10,12H2,1-4H3. The molecule has 0 rings (SSSR count). The van der Waals surface area contributed by atoms with Gasteiger partial charge in [0.1, 0.15) is 0 Å². The Balaban J connectivity index is 3.56. The molecule has 1 unspecified atom stereocenters. The van der Waals surface area contributed by atoms with Crippen LogP contribution >= 0.6 is 0 Å². The van der Waals surface area contributed by atoms with E-state index >= 15 is 0 Å². The van der Waals surface area contributed by atoms with Crippen molar-refractivity contribution in [3.63, 3.8) is 0 Å². The van der Waals surface area contributed by atoms with Gasteiger partial charge in [0.15, 0.2) is 0 Å². The second-order valence-corrected chi connectivity index (χ2v) is 4.49. The molecule has 0 radical (unpaired) electrons. The van der Waals surface area contributed by atoms with Gasteiger partial charge >= 0.3 is 0 Å². The molecule has 0 aliphatic heterocycles. The molecule has 0 saturated carbocycles. The van der Waals surface area contributed by atoms with Gasteiger partial charge in [0.2, 0.25) is 0 Å². The zero-order valence-electron chi connectivity index (χ0n) is 10.6. The Morgan fingerprint density at radius 1 is 1.07 bits per heavy atom. The Bertz CT molecular complexity index is 144. The van der Waals surface area contributed by atoms with Gasteiger partial charge in [-0.3, -0.25) is 0 Å². The first-order chi connectivity index (χ1) is 6.72. The van der Waals surface area contributed by atoms with Crippen LogP contribution in [0.4, 0.5) is 0 Å². The first-order valence-corrected chi connectivity index (χ1v) is 6.39. The van der Waals surface area contributed by atoms with Crippen molar-refractivity contribution in [2.24, 2.45) is 5.92 Å². The van der Waals surface area contributed by atoms with Crippen molar-refractivity contribution >= 4 is 0 Å². The van der Waals surface area contributed by atoms with Crippen molar-refractivity contribution < 1.29 is 0 Å². The van der Waals surface area contributed by atoms with Crippen LogP contribution in [0.25, 0.3) is 0 Å². The molecule has 0 aromatic carbocycles. The molecule has 84 valence electrons. The maximum atomic E-state index is 2.42. The first kappa shape index (κ1) is 13.7. The van der Waals surface area contributed by atoms with E-state index in [1.165, 1.54) is 44.9 Å². The van der Waals surface area contributed by atoms with E-state index in [-0.39, 0.29) is 0 Å². The molecule has 0 spiro atoms. The molecule has 0 amide bonds. The fraction of sp³-hybridized carbons (Fsp3) is 0.857. The fourth-order valence-electron chi connectivity index (χ4n) is 1.68. The molecule has 1 atom stereocenters. The fourth-order valence-corrected chi connectivity index (χ4v) is 1.68. The molecule has 0 heterocycles. The Hall–Kier alpha value is -0.260. The molecule has 0 aromatic rings. The summed E-state index contributed by atoms with van der Waals surface area (Å²) in [5.74, 6) is 0.804. The van der Waals surface area contributed by atoms with Gasteiger partial charge in [-0.1, -0.05) is 64.5 Å². The molecule has 0 N–H and O–H groups in total. The summed E-state index contributed by atoms with van der Waals surface area (Å²) < 4.78 is 0. The van der Waals surface area contributed by atoms with Crippen LogP contribution in [0.5, 0.6) is 0 Å². The minimum Gasteiger partial charge on any atom is -0.0854 e. The van der Waals surface area contributed by atoms with E-state index in [0.717, 1.165) is 5.92 Å². The predicted octanol–water partition coefficient (Wildman–Crippen LogP) is 5.34. The molecular formula is C14H28. The molecule has 14 heavy (non-hydrogen) atoms. The second-order valence-electron chi connectivity index (χ2n) is 4.49. The van der Waals surface area contributed by atoms with E-state index in [4.69, 9.17) is 0 Å². The summed E-state index contributed by atoms with van der Waals surface area (Å²) in [6.07, 6.45) is 11.9. The average molecular weight is 196 g/mol. The summed E-state index contributed by atoms with van der Waals surface area (Å²) in [6.45, 7) is 9.18. The smallest absolute Gasteiger partial charge is 0.0234 e. The van der Waals surface area contributed by atoms with Crippen LogP contribution in [0, 0.1) is 5.92 Å². The van der Waals surface area contributed by atoms with Crippen LogP contribution in [0.3, 0.4) is 0 Å². The van der Waals surface area contributed by atoms with Gasteiger partial charge in [-0.2, -0.15) is 0 Å². The van der Waals surface area contributed by atoms with Crippen molar-refractivity contribution in [2.75, 3.05) is 0 Å². The summed E-state index contributed by atoms with van der Waals surface area (Å²) in [5, 5.41) is 0. The minimum absolute atomic E-state index is 0.804. The zero-order valence-corrected chi connectivity index (χ0v) is 10.6. The topological polar surface area (TPSA) is 0 Å². The van der Waals surface area contributed by atoms with E-state index in [2.05, 4.69) is 33.8 Å². The van der Waals surface area contributed by atoms with Crippen LogP contribution in [0.1, 0.15) is 72.6 Å². The molecular weight excluding hydrogens is 168 g/mol. The van der Waals surface area contributed by atoms with Crippen LogP contribution in [0.2, 0.25) is 0 Å². The van der Waals surface area contributed by atoms with Crippen molar-refractivity contribution in [3.05, 3.63) is 11.6 Å². The maximum absolute atomic E-state index is 2.42. The van der Waals surface area contributed by atoms with Gasteiger partial charge in [-0.25, -0.2) is 0 Å². The van der Waals surface area contributed by atoms with Crippen molar-refractivity contribution in [3.8, 4) is 0 Å². The van der Waals surface area contributed by atoms with Crippen LogP contribution in [-0.2, 0) is 0 Å². The maximum Gasteiger partial charge on any atom is -0.0234 e. The number of rotatable bonds is 8. The van der Waals surface area contributed by atoms with Gasteiger partial charge in [0.25, 0.3) is 0 Å². The summed E-state index contributed by atoms with van der Waals surface area (Å²) in [7, 11) is 0. The van der Waals surface area contributed by atoms with E-state index in [1.807, 2.05) is 0 Å². The van der Waals surface area contributed by atoms with E-state index in [1.54, 1.807) is 5.57 Å². The average Bonchev–Trinajstić information content (AvgIpc) is 2.20. The summed E-state index contributed by atoms with van der Waals surface area (Å²) in [6, 6.07) is 0. The highest BCUT2D eigenvalue weighted by molar-refractivity contribution is 5.01. The van der Waals surface area contributed by atoms with E-state index in [9.17, 15) is 0 Å². The molecule has 0 aliphatic rings. The third kappa shape index (κ3) is 7.17. The Kier molecular flexibility index (Phi) is 9.13. The van der Waals surface area contributed by atoms with Crippen molar-refractivity contribution in [1.29, 1.82) is 0 Å². The van der Waals surface area contributed by atoms with E-state index < -0.39 is 0 Å². The molecule has 0 aromatic heterocycles. The van der Waals surface area contributed by atoms with Gasteiger partial charge in [0.05, 0.1) is 0 Å². The highest BCUT2D eigenvalue weighted by atomic mass is 14.1. The summed E-state index contributed by atoms with van der Waals surface area (Å²) in [4.78, 5) is 0. The molecule has 0 aliphatic carbocycles. The van der Waals surface area contributed by atoms with Gasteiger partial charge in [0, 0.05) is 0 Å². The number of hydrogen-bond acceptors (Lipinski definition) is 0. The number of allylic oxidation sites excluding steroid dienone is 2. The van der Waals surface area contributed by atoms with Crippen LogP contribution in [-0.4, -0.2) is 0 Å². The van der Waals surface area contributed by atoms with Crippen LogP contribution in [0.15, 0.2) is 11.6 Å². The normalized spacial score (nSPS) is 14.4. The molecule has 0 heteroatoms. The van der Waals surface area contributed by atoms with E-state index in [0.29, 0.717) is 0 Å². The SMILES string of the molecule is CCCC=C(C)C(C)CCCCCC. The molecule has 0 saturated heterocycles. The molecule has 0 bridgehead atoms. The highest BCUT2D eigenvalue weighted by Gasteiger charge is 2.02. The third-order valence-electron chi connectivity index (χ3n) is 3.02. The van der Waals surface area contributed by atoms with Crippen molar-refractivity contribution in [2.45, 2.75) is 72.6 Å². The second kappa shape index (κ2) is 9.30. The minimum atomic E-state index is 0.804. The predicted molar refractivity (Wildman–Crippen MR) is 66.6 cm³/mol. The summed E-state index contributed by atoms with van der Waals surface area (Å²) >= 11 is 0. The summed E-state index contributed by atoms with van der Waals surface area (Å²) in [5.41, 5.74) is 1.60. The van der Waals surface area contributed by atoms with Gasteiger partial charge in [-0.05, 0) is 25.7 Å². The Labute approximate surface area is 90.8 Å². The lowest BCUT2D eigenvalue weighted by atomic mass is 9.95. The number of unbranched alkanes of at least 4 members (excludes halogenated alkanes) is 4. The lowest BCUT2D eigenvalue weighted by molar-refractivity contribution is 0.541. The van der Waals surface area contributed by atoms with Crippen LogP contribution < -0.4 is 0 Å². The Morgan fingerprint density at radius 3 is 2.36 bits per heavy atom. The number of hydrogen-bond donors (Lipinski definition) is 0. The molecule has 0 nitrogen and oxygen atoms in total. The molecule has 0 fully saturated rings. The quantitative estimate of drug-likeness (QED) is 0.363. The Morgan fingerprint density at radius 2 is 1.79 bits per heavy atom. The van der Waals surface area contributed by atoms with Crippen molar-refractivity contribution in [1.82, 2.24) is 0 Å². The van der Waals surface area contributed by atoms with Gasteiger partial charge < -0.3 is 0 Å². The monoisotopic (exact) mass is 196 g/mol.